The van der Waals surface area contributed by atoms with Crippen LogP contribution in [-0.2, 0) is 25.9 Å². The molecule has 1 atom stereocenters. The van der Waals surface area contributed by atoms with Gasteiger partial charge in [-0.3, -0.25) is 14.6 Å². The minimum absolute atomic E-state index is 0.266. The molecular weight excluding hydrogens is 540 g/mol. The lowest BCUT2D eigenvalue weighted by molar-refractivity contribution is -0.139. The summed E-state index contributed by atoms with van der Waals surface area (Å²) in [6.45, 7) is 3.69. The second-order valence-electron chi connectivity index (χ2n) is 9.55. The lowest BCUT2D eigenvalue weighted by Crippen LogP contribution is -2.31. The van der Waals surface area contributed by atoms with E-state index in [4.69, 9.17) is 0 Å². The summed E-state index contributed by atoms with van der Waals surface area (Å²) in [7, 11) is 1.14. The molecule has 40 heavy (non-hydrogen) atoms. The Hall–Kier alpha value is -4.16. The molecule has 0 aliphatic heterocycles. The van der Waals surface area contributed by atoms with E-state index in [-0.39, 0.29) is 5.56 Å². The first kappa shape index (κ1) is 28.8. The van der Waals surface area contributed by atoms with E-state index in [0.717, 1.165) is 25.5 Å². The van der Waals surface area contributed by atoms with Gasteiger partial charge in [-0.05, 0) is 68.0 Å². The molecule has 0 spiro atoms. The zero-order chi connectivity index (χ0) is 29.4. The quantitative estimate of drug-likeness (QED) is 0.287. The molecule has 3 heterocycles. The van der Waals surface area contributed by atoms with E-state index >= 15 is 0 Å². The largest absolute Gasteiger partial charge is 0.423 e. The van der Waals surface area contributed by atoms with Gasteiger partial charge in [-0.25, -0.2) is 4.68 Å². The summed E-state index contributed by atoms with van der Waals surface area (Å²) >= 11 is 0. The molecule has 0 radical (unpaired) electrons. The van der Waals surface area contributed by atoms with E-state index in [9.17, 15) is 35.9 Å². The molecule has 0 unspecified atom stereocenters. The third-order valence-corrected chi connectivity index (χ3v) is 6.52. The van der Waals surface area contributed by atoms with E-state index in [1.165, 1.54) is 10.6 Å². The second-order valence-corrected chi connectivity index (χ2v) is 9.55. The molecule has 0 aliphatic rings. The second kappa shape index (κ2) is 10.8. The Morgan fingerprint density at radius 3 is 2.33 bits per heavy atom. The number of anilines is 1. The van der Waals surface area contributed by atoms with E-state index in [1.54, 1.807) is 38.2 Å². The smallest absolute Gasteiger partial charge is 0.381 e. The standard InChI is InChI=1S/C27H25F6N5O2/c1-15-11-18(20-7-6-19(13-34-20)26(28,29)30)12-17-8-10-38(24(39)22(15)17)9-4-5-16(2)36-21-14-35-37(3)25(40)23(21)27(31,32)33/h6-8,10-14,16,36H,4-5,9H2,1-3H3/t16-/m0/s1. The summed E-state index contributed by atoms with van der Waals surface area (Å²) in [6, 6.07) is 6.87. The van der Waals surface area contributed by atoms with Gasteiger partial charge in [0.2, 0.25) is 0 Å². The maximum atomic E-state index is 13.4. The average Bonchev–Trinajstić information content (AvgIpc) is 2.86. The van der Waals surface area contributed by atoms with Gasteiger partial charge in [0.25, 0.3) is 11.1 Å². The first-order chi connectivity index (χ1) is 18.7. The molecule has 1 aromatic carbocycles. The predicted molar refractivity (Wildman–Crippen MR) is 138 cm³/mol. The number of halogens is 6. The number of aryl methyl sites for hydroxylation is 3. The Morgan fingerprint density at radius 2 is 1.70 bits per heavy atom. The van der Waals surface area contributed by atoms with E-state index in [1.807, 2.05) is 0 Å². The number of aromatic nitrogens is 4. The number of benzene rings is 1. The van der Waals surface area contributed by atoms with Crippen molar-refractivity contribution in [2.75, 3.05) is 5.32 Å². The number of alkyl halides is 6. The molecule has 0 bridgehead atoms. The molecule has 4 aromatic rings. The van der Waals surface area contributed by atoms with Crippen molar-refractivity contribution in [2.45, 2.75) is 51.6 Å². The minimum atomic E-state index is -4.85. The van der Waals surface area contributed by atoms with E-state index < -0.39 is 40.8 Å². The summed E-state index contributed by atoms with van der Waals surface area (Å²) in [6.07, 6.45) is -5.17. The topological polar surface area (TPSA) is 81.8 Å². The number of nitrogens with one attached hydrogen (secondary N) is 1. The normalized spacial score (nSPS) is 13.0. The molecule has 3 aromatic heterocycles. The lowest BCUT2D eigenvalue weighted by atomic mass is 10.0. The molecule has 0 amide bonds. The molecule has 4 rings (SSSR count). The molecular formula is C27H25F6N5O2. The van der Waals surface area contributed by atoms with Gasteiger partial charge in [0, 0.05) is 37.6 Å². The molecule has 0 saturated carbocycles. The summed E-state index contributed by atoms with van der Waals surface area (Å²) in [5.41, 5.74) is -2.56. The number of fused-ring (bicyclic) bond motifs is 1. The highest BCUT2D eigenvalue weighted by Crippen LogP contribution is 2.33. The van der Waals surface area contributed by atoms with Crippen LogP contribution in [0.4, 0.5) is 32.0 Å². The fourth-order valence-electron chi connectivity index (χ4n) is 4.50. The van der Waals surface area contributed by atoms with Crippen LogP contribution in [0.1, 0.15) is 36.5 Å². The van der Waals surface area contributed by atoms with Crippen LogP contribution in [0.5, 0.6) is 0 Å². The van der Waals surface area contributed by atoms with E-state index in [2.05, 4.69) is 15.4 Å². The number of nitrogens with zero attached hydrogens (tertiary/aromatic N) is 4. The van der Waals surface area contributed by atoms with Gasteiger partial charge >= 0.3 is 12.4 Å². The summed E-state index contributed by atoms with van der Waals surface area (Å²) < 4.78 is 81.0. The van der Waals surface area contributed by atoms with Crippen LogP contribution in [0.15, 0.2) is 58.5 Å². The Balaban J connectivity index is 1.48. The van der Waals surface area contributed by atoms with Crippen LogP contribution in [-0.4, -0.2) is 25.4 Å². The molecule has 13 heteroatoms. The number of pyridine rings is 2. The highest BCUT2D eigenvalue weighted by molar-refractivity contribution is 5.89. The molecule has 212 valence electrons. The molecule has 0 aliphatic carbocycles. The number of hydrogen-bond donors (Lipinski definition) is 1. The minimum Gasteiger partial charge on any atom is -0.381 e. The van der Waals surface area contributed by atoms with Crippen LogP contribution in [0.3, 0.4) is 0 Å². The van der Waals surface area contributed by atoms with E-state index in [0.29, 0.717) is 51.7 Å². The Bertz CT molecular complexity index is 1660. The van der Waals surface area contributed by atoms with Crippen molar-refractivity contribution in [1.29, 1.82) is 0 Å². The van der Waals surface area contributed by atoms with Crippen molar-refractivity contribution < 1.29 is 26.3 Å². The summed E-state index contributed by atoms with van der Waals surface area (Å²) in [4.78, 5) is 29.1. The van der Waals surface area contributed by atoms with Gasteiger partial charge in [0.1, 0.15) is 5.56 Å². The Kier molecular flexibility index (Phi) is 7.77. The van der Waals surface area contributed by atoms with Crippen LogP contribution in [0.25, 0.3) is 22.0 Å². The van der Waals surface area contributed by atoms with Crippen molar-refractivity contribution in [3.05, 3.63) is 86.3 Å². The highest BCUT2D eigenvalue weighted by Gasteiger charge is 2.38. The van der Waals surface area contributed by atoms with Crippen LogP contribution in [0.2, 0.25) is 0 Å². The van der Waals surface area contributed by atoms with Crippen molar-refractivity contribution in [3.63, 3.8) is 0 Å². The zero-order valence-corrected chi connectivity index (χ0v) is 21.7. The number of rotatable bonds is 7. The van der Waals surface area contributed by atoms with Gasteiger partial charge in [-0.2, -0.15) is 31.4 Å². The third-order valence-electron chi connectivity index (χ3n) is 6.52. The monoisotopic (exact) mass is 565 g/mol. The SMILES string of the molecule is Cc1cc(-c2ccc(C(F)(F)F)cn2)cc2ccn(CCC[C@H](C)Nc3cnn(C)c(=O)c3C(F)(F)F)c(=O)c12. The predicted octanol–water partition coefficient (Wildman–Crippen LogP) is 5.78. The Morgan fingerprint density at radius 1 is 0.975 bits per heavy atom. The fourth-order valence-corrected chi connectivity index (χ4v) is 4.50. The average molecular weight is 566 g/mol. The Labute approximate surface area is 224 Å². The molecule has 1 N–H and O–H groups in total. The van der Waals surface area contributed by atoms with Gasteiger partial charge < -0.3 is 9.88 Å². The molecule has 7 nitrogen and oxygen atoms in total. The summed E-state index contributed by atoms with van der Waals surface area (Å²) in [5.74, 6) is 0. The highest BCUT2D eigenvalue weighted by atomic mass is 19.4. The van der Waals surface area contributed by atoms with Crippen LogP contribution in [0, 0.1) is 6.92 Å². The van der Waals surface area contributed by atoms with Gasteiger partial charge in [-0.1, -0.05) is 0 Å². The van der Waals surface area contributed by atoms with Gasteiger partial charge in [0.05, 0.1) is 28.5 Å². The van der Waals surface area contributed by atoms with Crippen molar-refractivity contribution in [3.8, 4) is 11.3 Å². The zero-order valence-electron chi connectivity index (χ0n) is 21.7. The molecule has 0 fully saturated rings. The summed E-state index contributed by atoms with van der Waals surface area (Å²) in [5, 5.41) is 7.43. The van der Waals surface area contributed by atoms with Crippen molar-refractivity contribution >= 4 is 16.5 Å². The fraction of sp³-hybridized carbons (Fsp3) is 0.333. The maximum Gasteiger partial charge on any atom is 0.423 e. The van der Waals surface area contributed by atoms with Gasteiger partial charge in [0.15, 0.2) is 0 Å². The van der Waals surface area contributed by atoms with Crippen molar-refractivity contribution in [1.82, 2.24) is 19.3 Å². The third kappa shape index (κ3) is 6.02. The van der Waals surface area contributed by atoms with Crippen LogP contribution < -0.4 is 16.4 Å². The first-order valence-corrected chi connectivity index (χ1v) is 12.2. The molecule has 0 saturated heterocycles. The van der Waals surface area contributed by atoms with Crippen LogP contribution >= 0.6 is 0 Å². The first-order valence-electron chi connectivity index (χ1n) is 12.2. The maximum absolute atomic E-state index is 13.4. The lowest BCUT2D eigenvalue weighted by Gasteiger charge is -2.19. The number of hydrogen-bond acceptors (Lipinski definition) is 5. The van der Waals surface area contributed by atoms with Gasteiger partial charge in [-0.15, -0.1) is 0 Å². The van der Waals surface area contributed by atoms with Crippen molar-refractivity contribution in [2.24, 2.45) is 7.05 Å².